The lowest BCUT2D eigenvalue weighted by Gasteiger charge is -2.13. The summed E-state index contributed by atoms with van der Waals surface area (Å²) in [4.78, 5) is 24.1. The number of carboxylic acids is 1. The molecule has 92 valence electrons. The first-order chi connectivity index (χ1) is 8.16. The number of nitrogens with zero attached hydrogens (tertiary/aromatic N) is 1. The largest absolute Gasteiger partial charge is 0.475 e. The molecule has 2 rings (SSSR count). The third kappa shape index (κ3) is 3.03. The molecular formula is C11H13NO4S. The highest BCUT2D eigenvalue weighted by Gasteiger charge is 2.18. The molecule has 6 heteroatoms. The summed E-state index contributed by atoms with van der Waals surface area (Å²) in [5, 5.41) is 9.14. The summed E-state index contributed by atoms with van der Waals surface area (Å²) in [5.41, 5.74) is 0. The fraction of sp³-hybridized carbons (Fsp3) is 0.455. The van der Waals surface area contributed by atoms with Crippen molar-refractivity contribution in [3.8, 4) is 0 Å². The van der Waals surface area contributed by atoms with E-state index >= 15 is 0 Å². The lowest BCUT2D eigenvalue weighted by molar-refractivity contribution is -0.127. The van der Waals surface area contributed by atoms with Gasteiger partial charge in [-0.15, -0.1) is 0 Å². The number of carboxylic acid groups (broad SMARTS) is 1. The van der Waals surface area contributed by atoms with Crippen molar-refractivity contribution >= 4 is 23.6 Å². The van der Waals surface area contributed by atoms with Crippen LogP contribution in [0.15, 0.2) is 21.6 Å². The van der Waals surface area contributed by atoms with Crippen molar-refractivity contribution in [3.05, 3.63) is 17.9 Å². The summed E-state index contributed by atoms with van der Waals surface area (Å²) in [6.45, 7) is 1.66. The van der Waals surface area contributed by atoms with Gasteiger partial charge in [0.15, 0.2) is 5.09 Å². The van der Waals surface area contributed by atoms with Gasteiger partial charge < -0.3 is 14.4 Å². The molecule has 5 nitrogen and oxygen atoms in total. The minimum Gasteiger partial charge on any atom is -0.475 e. The van der Waals surface area contributed by atoms with Crippen LogP contribution >= 0.6 is 11.8 Å². The molecule has 1 aromatic heterocycles. The molecule has 1 fully saturated rings. The Labute approximate surface area is 103 Å². The molecular weight excluding hydrogens is 242 g/mol. The van der Waals surface area contributed by atoms with E-state index in [2.05, 4.69) is 0 Å². The average Bonchev–Trinajstić information content (AvgIpc) is 2.97. The van der Waals surface area contributed by atoms with Gasteiger partial charge >= 0.3 is 5.97 Å². The molecule has 17 heavy (non-hydrogen) atoms. The van der Waals surface area contributed by atoms with Gasteiger partial charge in [0.2, 0.25) is 11.7 Å². The molecule has 0 unspecified atom stereocenters. The molecule has 0 radical (unpaired) electrons. The molecule has 1 aliphatic heterocycles. The van der Waals surface area contributed by atoms with Gasteiger partial charge in [-0.1, -0.05) is 11.8 Å². The summed E-state index contributed by atoms with van der Waals surface area (Å²) in [6.07, 6.45) is 2.14. The maximum absolute atomic E-state index is 11.7. The molecule has 0 aliphatic carbocycles. The first-order valence-electron chi connectivity index (χ1n) is 5.40. The first kappa shape index (κ1) is 12.0. The molecule has 0 aromatic carbocycles. The fourth-order valence-corrected chi connectivity index (χ4v) is 2.46. The Morgan fingerprint density at radius 2 is 2.06 bits per heavy atom. The summed E-state index contributed by atoms with van der Waals surface area (Å²) < 4.78 is 5.05. The highest BCUT2D eigenvalue weighted by molar-refractivity contribution is 7.99. The summed E-state index contributed by atoms with van der Waals surface area (Å²) >= 11 is 1.23. The van der Waals surface area contributed by atoms with Crippen molar-refractivity contribution in [2.45, 2.75) is 17.9 Å². The molecule has 1 amide bonds. The Balaban J connectivity index is 1.84. The topological polar surface area (TPSA) is 70.8 Å². The van der Waals surface area contributed by atoms with E-state index < -0.39 is 5.97 Å². The van der Waals surface area contributed by atoms with Gasteiger partial charge in [0, 0.05) is 13.1 Å². The van der Waals surface area contributed by atoms with Crippen LogP contribution in [0.2, 0.25) is 0 Å². The number of furan rings is 1. The molecule has 1 saturated heterocycles. The minimum atomic E-state index is -1.09. The molecule has 1 aromatic rings. The van der Waals surface area contributed by atoms with Crippen molar-refractivity contribution in [1.82, 2.24) is 4.90 Å². The zero-order valence-corrected chi connectivity index (χ0v) is 10.0. The maximum atomic E-state index is 11.7. The molecule has 0 bridgehead atoms. The van der Waals surface area contributed by atoms with Crippen LogP contribution in [0.4, 0.5) is 0 Å². The van der Waals surface area contributed by atoms with Crippen LogP contribution in [0, 0.1) is 0 Å². The second kappa shape index (κ2) is 5.27. The molecule has 0 atom stereocenters. The van der Waals surface area contributed by atoms with E-state index in [9.17, 15) is 9.59 Å². The van der Waals surface area contributed by atoms with Gasteiger partial charge in [-0.3, -0.25) is 4.79 Å². The third-order valence-corrected chi connectivity index (χ3v) is 3.48. The van der Waals surface area contributed by atoms with Crippen LogP contribution in [0.3, 0.4) is 0 Å². The summed E-state index contributed by atoms with van der Waals surface area (Å²) in [6, 6.07) is 2.97. The first-order valence-corrected chi connectivity index (χ1v) is 6.39. The zero-order chi connectivity index (χ0) is 12.3. The van der Waals surface area contributed by atoms with Crippen molar-refractivity contribution in [3.63, 3.8) is 0 Å². The lowest BCUT2D eigenvalue weighted by Crippen LogP contribution is -2.29. The minimum absolute atomic E-state index is 0.0841. The van der Waals surface area contributed by atoms with Crippen molar-refractivity contribution in [1.29, 1.82) is 0 Å². The van der Waals surface area contributed by atoms with E-state index in [-0.39, 0.29) is 11.7 Å². The number of likely N-dealkylation sites (tertiary alicyclic amines) is 1. The van der Waals surface area contributed by atoms with Gasteiger partial charge in [0.25, 0.3) is 0 Å². The Hall–Kier alpha value is -1.43. The van der Waals surface area contributed by atoms with Gasteiger partial charge in [0.05, 0.1) is 5.75 Å². The Bertz CT molecular complexity index is 423. The van der Waals surface area contributed by atoms with Gasteiger partial charge in [-0.2, -0.15) is 0 Å². The predicted octanol–water partition coefficient (Wildman–Crippen LogP) is 1.69. The van der Waals surface area contributed by atoms with Gasteiger partial charge in [0.1, 0.15) is 0 Å². The summed E-state index contributed by atoms with van der Waals surface area (Å²) in [7, 11) is 0. The molecule has 1 N–H and O–H groups in total. The molecule has 1 aliphatic rings. The fourth-order valence-electron chi connectivity index (χ4n) is 1.70. The number of carbonyl (C=O) groups is 2. The van der Waals surface area contributed by atoms with Crippen LogP contribution in [0.5, 0.6) is 0 Å². The van der Waals surface area contributed by atoms with Crippen molar-refractivity contribution < 1.29 is 19.1 Å². The monoisotopic (exact) mass is 255 g/mol. The Morgan fingerprint density at radius 1 is 1.35 bits per heavy atom. The highest BCUT2D eigenvalue weighted by atomic mass is 32.2. The SMILES string of the molecule is O=C(O)c1ccc(SCC(=O)N2CCCC2)o1. The van der Waals surface area contributed by atoms with E-state index in [0.29, 0.717) is 10.8 Å². The van der Waals surface area contributed by atoms with Crippen LogP contribution in [0.1, 0.15) is 23.4 Å². The predicted molar refractivity (Wildman–Crippen MR) is 62.2 cm³/mol. The number of aromatic carboxylic acids is 1. The number of hydrogen-bond acceptors (Lipinski definition) is 4. The normalized spacial score (nSPS) is 15.2. The van der Waals surface area contributed by atoms with Gasteiger partial charge in [-0.25, -0.2) is 4.79 Å². The molecule has 0 saturated carbocycles. The number of amides is 1. The van der Waals surface area contributed by atoms with Crippen molar-refractivity contribution in [2.24, 2.45) is 0 Å². The van der Waals surface area contributed by atoms with Crippen LogP contribution in [-0.2, 0) is 4.79 Å². The van der Waals surface area contributed by atoms with E-state index in [1.165, 1.54) is 17.8 Å². The quantitative estimate of drug-likeness (QED) is 0.829. The van der Waals surface area contributed by atoms with E-state index in [4.69, 9.17) is 9.52 Å². The molecule has 2 heterocycles. The second-order valence-corrected chi connectivity index (χ2v) is 4.78. The lowest BCUT2D eigenvalue weighted by atomic mass is 10.4. The Morgan fingerprint density at radius 3 is 2.65 bits per heavy atom. The standard InChI is InChI=1S/C11H13NO4S/c13-9(12-5-1-2-6-12)7-17-10-4-3-8(16-10)11(14)15/h3-4H,1-2,5-7H2,(H,14,15). The zero-order valence-electron chi connectivity index (χ0n) is 9.22. The van der Waals surface area contributed by atoms with Crippen LogP contribution in [-0.4, -0.2) is 40.7 Å². The van der Waals surface area contributed by atoms with Crippen LogP contribution < -0.4 is 0 Å². The third-order valence-electron chi connectivity index (χ3n) is 2.59. The average molecular weight is 255 g/mol. The van der Waals surface area contributed by atoms with Crippen molar-refractivity contribution in [2.75, 3.05) is 18.8 Å². The van der Waals surface area contributed by atoms with Crippen LogP contribution in [0.25, 0.3) is 0 Å². The summed E-state index contributed by atoms with van der Waals surface area (Å²) in [5.74, 6) is -0.809. The number of rotatable bonds is 4. The Kier molecular flexibility index (Phi) is 3.73. The number of thioether (sulfide) groups is 1. The van der Waals surface area contributed by atoms with E-state index in [1.54, 1.807) is 6.07 Å². The van der Waals surface area contributed by atoms with E-state index in [0.717, 1.165) is 25.9 Å². The van der Waals surface area contributed by atoms with Gasteiger partial charge in [-0.05, 0) is 25.0 Å². The van der Waals surface area contributed by atoms with E-state index in [1.807, 2.05) is 4.90 Å². The maximum Gasteiger partial charge on any atom is 0.371 e. The molecule has 0 spiro atoms. The number of hydrogen-bond donors (Lipinski definition) is 1. The number of carbonyl (C=O) groups excluding carboxylic acids is 1. The smallest absolute Gasteiger partial charge is 0.371 e. The second-order valence-electron chi connectivity index (χ2n) is 3.80. The highest BCUT2D eigenvalue weighted by Crippen LogP contribution is 2.22.